The monoisotopic (exact) mass is 428 g/mol. The summed E-state index contributed by atoms with van der Waals surface area (Å²) in [4.78, 5) is 35.8. The number of allylic oxidation sites excluding steroid dienone is 2. The van der Waals surface area contributed by atoms with E-state index in [4.69, 9.17) is 9.47 Å². The molecule has 1 heterocycles. The molecule has 5 rings (SSSR count). The van der Waals surface area contributed by atoms with Gasteiger partial charge in [-0.2, -0.15) is 0 Å². The Morgan fingerprint density at radius 2 is 2.06 bits per heavy atom. The first-order chi connectivity index (χ1) is 14.7. The number of aliphatic hydroxyl groups is 1. The molecule has 0 unspecified atom stereocenters. The molecule has 0 radical (unpaired) electrons. The molecule has 31 heavy (non-hydrogen) atoms. The lowest BCUT2D eigenvalue weighted by Gasteiger charge is -2.61. The number of cyclic esters (lactones) is 1. The zero-order chi connectivity index (χ0) is 22.0. The molecule has 0 spiro atoms. The molecule has 1 N–H and O–H groups in total. The van der Waals surface area contributed by atoms with Crippen LogP contribution < -0.4 is 0 Å². The molecule has 5 aliphatic rings. The molecular formula is C25H32O6. The third-order valence-electron chi connectivity index (χ3n) is 9.38. The Labute approximate surface area is 183 Å². The summed E-state index contributed by atoms with van der Waals surface area (Å²) in [5.41, 5.74) is 0.596. The number of carbonyl (C=O) groups excluding carboxylic acids is 3. The van der Waals surface area contributed by atoms with Gasteiger partial charge in [0.1, 0.15) is 19.0 Å². The van der Waals surface area contributed by atoms with E-state index in [2.05, 4.69) is 13.0 Å². The Hall–Kier alpha value is -1.95. The molecule has 6 nitrogen and oxygen atoms in total. The van der Waals surface area contributed by atoms with Crippen LogP contribution in [0.1, 0.15) is 65.2 Å². The van der Waals surface area contributed by atoms with Crippen LogP contribution in [0.3, 0.4) is 0 Å². The topological polar surface area (TPSA) is 89.9 Å². The number of hydrogen-bond donors (Lipinski definition) is 1. The van der Waals surface area contributed by atoms with Crippen molar-refractivity contribution < 1.29 is 29.0 Å². The summed E-state index contributed by atoms with van der Waals surface area (Å²) in [5, 5.41) is 11.7. The zero-order valence-corrected chi connectivity index (χ0v) is 18.4. The lowest BCUT2D eigenvalue weighted by atomic mass is 9.44. The smallest absolute Gasteiger partial charge is 0.331 e. The van der Waals surface area contributed by atoms with Gasteiger partial charge in [-0.25, -0.2) is 4.79 Å². The van der Waals surface area contributed by atoms with Crippen LogP contribution in [0.5, 0.6) is 0 Å². The summed E-state index contributed by atoms with van der Waals surface area (Å²) in [5.74, 6) is 0.0873. The van der Waals surface area contributed by atoms with Crippen molar-refractivity contribution >= 4 is 18.2 Å². The van der Waals surface area contributed by atoms with E-state index < -0.39 is 11.0 Å². The molecule has 3 saturated carbocycles. The molecule has 1 aliphatic heterocycles. The quantitative estimate of drug-likeness (QED) is 0.422. The van der Waals surface area contributed by atoms with E-state index in [0.29, 0.717) is 32.3 Å². The van der Waals surface area contributed by atoms with E-state index in [1.165, 1.54) is 12.5 Å². The van der Waals surface area contributed by atoms with E-state index in [1.54, 1.807) is 6.08 Å². The molecule has 0 amide bonds. The largest absolute Gasteiger partial charge is 0.462 e. The van der Waals surface area contributed by atoms with E-state index in [0.717, 1.165) is 37.5 Å². The maximum Gasteiger partial charge on any atom is 0.331 e. The van der Waals surface area contributed by atoms with Crippen molar-refractivity contribution in [3.8, 4) is 0 Å². The second kappa shape index (κ2) is 7.03. The molecule has 6 heteroatoms. The number of rotatable bonds is 3. The number of carbonyl (C=O) groups is 3. The second-order valence-electron chi connectivity index (χ2n) is 10.6. The van der Waals surface area contributed by atoms with Gasteiger partial charge in [-0.15, -0.1) is 0 Å². The van der Waals surface area contributed by atoms with Crippen LogP contribution in [-0.4, -0.2) is 41.6 Å². The molecule has 168 valence electrons. The fraction of sp³-hybridized carbons (Fsp3) is 0.720. The van der Waals surface area contributed by atoms with Gasteiger partial charge in [0.15, 0.2) is 0 Å². The number of esters is 2. The van der Waals surface area contributed by atoms with Gasteiger partial charge in [0.25, 0.3) is 0 Å². The summed E-state index contributed by atoms with van der Waals surface area (Å²) >= 11 is 0. The van der Waals surface area contributed by atoms with Crippen molar-refractivity contribution in [2.75, 3.05) is 6.61 Å². The summed E-state index contributed by atoms with van der Waals surface area (Å²) < 4.78 is 10.6. The summed E-state index contributed by atoms with van der Waals surface area (Å²) in [6.07, 6.45) is 10.4. The van der Waals surface area contributed by atoms with Gasteiger partial charge >= 0.3 is 11.9 Å². The summed E-state index contributed by atoms with van der Waals surface area (Å²) in [6, 6.07) is 0. The molecule has 0 aromatic heterocycles. The Morgan fingerprint density at radius 3 is 2.74 bits per heavy atom. The van der Waals surface area contributed by atoms with Crippen molar-refractivity contribution in [1.29, 1.82) is 0 Å². The predicted molar refractivity (Wildman–Crippen MR) is 112 cm³/mol. The van der Waals surface area contributed by atoms with Crippen molar-refractivity contribution in [3.63, 3.8) is 0 Å². The number of ether oxygens (including phenoxy) is 2. The van der Waals surface area contributed by atoms with E-state index in [1.807, 2.05) is 0 Å². The highest BCUT2D eigenvalue weighted by Gasteiger charge is 2.65. The predicted octanol–water partition coefficient (Wildman–Crippen LogP) is 3.27. The van der Waals surface area contributed by atoms with Crippen molar-refractivity contribution in [1.82, 2.24) is 0 Å². The first-order valence-corrected chi connectivity index (χ1v) is 11.7. The van der Waals surface area contributed by atoms with Crippen LogP contribution >= 0.6 is 0 Å². The Balaban J connectivity index is 1.43. The molecule has 0 aromatic rings. The molecule has 7 atom stereocenters. The number of fused-ring (bicyclic) bond motifs is 5. The van der Waals surface area contributed by atoms with Crippen LogP contribution in [-0.2, 0) is 23.9 Å². The van der Waals surface area contributed by atoms with Gasteiger partial charge < -0.3 is 19.4 Å². The molecule has 0 saturated heterocycles. The van der Waals surface area contributed by atoms with Gasteiger partial charge in [-0.05, 0) is 73.7 Å². The van der Waals surface area contributed by atoms with Crippen LogP contribution in [0, 0.1) is 28.6 Å². The molecule has 3 fully saturated rings. The first kappa shape index (κ1) is 20.9. The highest BCUT2D eigenvalue weighted by Crippen LogP contribution is 2.67. The van der Waals surface area contributed by atoms with Gasteiger partial charge in [-0.1, -0.05) is 18.6 Å². The van der Waals surface area contributed by atoms with Gasteiger partial charge in [0.2, 0.25) is 0 Å². The fourth-order valence-electron chi connectivity index (χ4n) is 7.98. The van der Waals surface area contributed by atoms with Gasteiger partial charge in [0, 0.05) is 19.4 Å². The average Bonchev–Trinajstić information content (AvgIpc) is 3.29. The lowest BCUT2D eigenvalue weighted by Crippen LogP contribution is -2.64. The Kier molecular flexibility index (Phi) is 4.74. The highest BCUT2D eigenvalue weighted by molar-refractivity contribution is 5.85. The van der Waals surface area contributed by atoms with Gasteiger partial charge in [-0.3, -0.25) is 4.79 Å². The molecule has 0 bridgehead atoms. The van der Waals surface area contributed by atoms with Crippen molar-refractivity contribution in [3.05, 3.63) is 23.3 Å². The highest BCUT2D eigenvalue weighted by atomic mass is 16.5. The lowest BCUT2D eigenvalue weighted by molar-refractivity contribution is -0.206. The SMILES string of the molecule is CC(=O)O[C@@H]1CC[C@]2(C=O)[C@@H]3CC[C@]4(C)C(=CC[C@H]4C4=CC(=O)OC4)[C@H]3CC[C@]2(O)C1. The number of aldehydes is 1. The third kappa shape index (κ3) is 2.90. The Bertz CT molecular complexity index is 888. The summed E-state index contributed by atoms with van der Waals surface area (Å²) in [7, 11) is 0. The van der Waals surface area contributed by atoms with Crippen molar-refractivity contribution in [2.24, 2.45) is 28.6 Å². The summed E-state index contributed by atoms with van der Waals surface area (Å²) in [6.45, 7) is 4.10. The third-order valence-corrected chi connectivity index (χ3v) is 9.38. The first-order valence-electron chi connectivity index (χ1n) is 11.7. The maximum absolute atomic E-state index is 12.6. The van der Waals surface area contributed by atoms with E-state index in [9.17, 15) is 19.5 Å². The van der Waals surface area contributed by atoms with E-state index >= 15 is 0 Å². The Morgan fingerprint density at radius 1 is 1.26 bits per heavy atom. The van der Waals surface area contributed by atoms with Crippen LogP contribution in [0.15, 0.2) is 23.3 Å². The molecular weight excluding hydrogens is 396 g/mol. The normalized spacial score (nSPS) is 46.1. The zero-order valence-electron chi connectivity index (χ0n) is 18.4. The van der Waals surface area contributed by atoms with Crippen LogP contribution in [0.4, 0.5) is 0 Å². The molecule has 0 aromatic carbocycles. The minimum Gasteiger partial charge on any atom is -0.462 e. The minimum atomic E-state index is -1.12. The van der Waals surface area contributed by atoms with Crippen molar-refractivity contribution in [2.45, 2.75) is 76.9 Å². The van der Waals surface area contributed by atoms with Crippen LogP contribution in [0.25, 0.3) is 0 Å². The van der Waals surface area contributed by atoms with E-state index in [-0.39, 0.29) is 41.2 Å². The fourth-order valence-corrected chi connectivity index (χ4v) is 7.98. The van der Waals surface area contributed by atoms with Gasteiger partial charge in [0.05, 0.1) is 11.0 Å². The minimum absolute atomic E-state index is 0.0184. The van der Waals surface area contributed by atoms with Crippen LogP contribution in [0.2, 0.25) is 0 Å². The average molecular weight is 429 g/mol. The maximum atomic E-state index is 12.6. The number of hydrogen-bond acceptors (Lipinski definition) is 6. The second-order valence-corrected chi connectivity index (χ2v) is 10.6. The standard InChI is InChI=1S/C25H32O6/c1-15(27)31-17-5-9-24(14-26)21-7-8-23(2)19(16-11-22(28)30-13-16)3-4-20(23)18(21)6-10-25(24,29)12-17/h4,11,14,17-19,21,29H,3,5-10,12-13H2,1-2H3/t17-,18-,19+,21-,23+,24+,25+/m1/s1. The molecule has 4 aliphatic carbocycles.